The van der Waals surface area contributed by atoms with Gasteiger partial charge in [-0.2, -0.15) is 0 Å². The lowest BCUT2D eigenvalue weighted by atomic mass is 10.1. The highest BCUT2D eigenvalue weighted by Crippen LogP contribution is 2.12. The second kappa shape index (κ2) is 8.84. The molecule has 0 radical (unpaired) electrons. The molecule has 6 nitrogen and oxygen atoms in total. The Labute approximate surface area is 124 Å². The minimum Gasteiger partial charge on any atom is -0.497 e. The maximum atomic E-state index is 11.6. The zero-order valence-electron chi connectivity index (χ0n) is 12.4. The third-order valence-electron chi connectivity index (χ3n) is 3.18. The molecule has 1 unspecified atom stereocenters. The molecule has 2 amide bonds. The maximum absolute atomic E-state index is 11.6. The molecule has 6 heteroatoms. The number of hydrogen-bond donors (Lipinski definition) is 3. The summed E-state index contributed by atoms with van der Waals surface area (Å²) in [5.41, 5.74) is 1.06. The summed E-state index contributed by atoms with van der Waals surface area (Å²) < 4.78 is 5.13. The highest BCUT2D eigenvalue weighted by Gasteiger charge is 2.15. The number of nitrogens with one attached hydrogen (secondary N) is 2. The van der Waals surface area contributed by atoms with Gasteiger partial charge in [-0.3, -0.25) is 4.79 Å². The van der Waals surface area contributed by atoms with Crippen molar-refractivity contribution < 1.29 is 19.4 Å². The molecule has 3 N–H and O–H groups in total. The van der Waals surface area contributed by atoms with Crippen LogP contribution in [0, 0.1) is 5.92 Å². The number of aliphatic carboxylic acids is 1. The molecule has 0 aromatic heterocycles. The van der Waals surface area contributed by atoms with Crippen molar-refractivity contribution in [3.63, 3.8) is 0 Å². The summed E-state index contributed by atoms with van der Waals surface area (Å²) in [5.74, 6) is -0.660. The van der Waals surface area contributed by atoms with Gasteiger partial charge < -0.3 is 20.5 Å². The van der Waals surface area contributed by atoms with Crippen molar-refractivity contribution in [3.8, 4) is 5.75 Å². The molecule has 0 spiro atoms. The van der Waals surface area contributed by atoms with E-state index in [0.717, 1.165) is 11.3 Å². The van der Waals surface area contributed by atoms with E-state index >= 15 is 0 Å². The van der Waals surface area contributed by atoms with Crippen molar-refractivity contribution >= 4 is 12.0 Å². The first kappa shape index (κ1) is 16.8. The minimum atomic E-state index is -0.894. The first-order valence-electron chi connectivity index (χ1n) is 6.94. The predicted octanol–water partition coefficient (Wildman–Crippen LogP) is 1.65. The average molecular weight is 294 g/mol. The van der Waals surface area contributed by atoms with Crippen LogP contribution in [0.4, 0.5) is 4.79 Å². The molecule has 1 atom stereocenters. The quantitative estimate of drug-likeness (QED) is 0.680. The number of carboxylic acids is 1. The van der Waals surface area contributed by atoms with Crippen molar-refractivity contribution in [1.82, 2.24) is 10.6 Å². The highest BCUT2D eigenvalue weighted by atomic mass is 16.5. The molecule has 0 aliphatic carbocycles. The summed E-state index contributed by atoms with van der Waals surface area (Å²) in [6.07, 6.45) is 1.17. The second-order valence-electron chi connectivity index (χ2n) is 4.68. The Balaban J connectivity index is 2.28. The first-order valence-corrected chi connectivity index (χ1v) is 6.94. The number of carboxylic acid groups (broad SMARTS) is 1. The zero-order chi connectivity index (χ0) is 15.7. The SMILES string of the molecule is CCC(CNC(=O)NCCc1cccc(OC)c1)C(=O)O. The van der Waals surface area contributed by atoms with Gasteiger partial charge in [0.15, 0.2) is 0 Å². The molecule has 0 aliphatic heterocycles. The monoisotopic (exact) mass is 294 g/mol. The number of amides is 2. The second-order valence-corrected chi connectivity index (χ2v) is 4.68. The molecular formula is C15H22N2O4. The van der Waals surface area contributed by atoms with Crippen LogP contribution < -0.4 is 15.4 Å². The molecule has 116 valence electrons. The van der Waals surface area contributed by atoms with Gasteiger partial charge >= 0.3 is 12.0 Å². The van der Waals surface area contributed by atoms with Crippen LogP contribution in [-0.2, 0) is 11.2 Å². The van der Waals surface area contributed by atoms with Crippen LogP contribution in [0.25, 0.3) is 0 Å². The van der Waals surface area contributed by atoms with E-state index in [1.54, 1.807) is 14.0 Å². The van der Waals surface area contributed by atoms with Gasteiger partial charge in [-0.1, -0.05) is 19.1 Å². The molecule has 0 saturated heterocycles. The van der Waals surface area contributed by atoms with E-state index in [1.807, 2.05) is 24.3 Å². The summed E-state index contributed by atoms with van der Waals surface area (Å²) in [6.45, 7) is 2.39. The normalized spacial score (nSPS) is 11.5. The average Bonchev–Trinajstić information content (AvgIpc) is 2.47. The Morgan fingerprint density at radius 2 is 2.10 bits per heavy atom. The smallest absolute Gasteiger partial charge is 0.314 e. The molecule has 0 fully saturated rings. The van der Waals surface area contributed by atoms with Gasteiger partial charge in [-0.15, -0.1) is 0 Å². The lowest BCUT2D eigenvalue weighted by Gasteiger charge is -2.12. The Morgan fingerprint density at radius 1 is 1.33 bits per heavy atom. The lowest BCUT2D eigenvalue weighted by Crippen LogP contribution is -2.40. The summed E-state index contributed by atoms with van der Waals surface area (Å²) in [4.78, 5) is 22.4. The van der Waals surface area contributed by atoms with Gasteiger partial charge in [0.05, 0.1) is 13.0 Å². The van der Waals surface area contributed by atoms with E-state index in [-0.39, 0.29) is 12.6 Å². The number of carbonyl (C=O) groups is 2. The number of benzene rings is 1. The highest BCUT2D eigenvalue weighted by molar-refractivity contribution is 5.75. The van der Waals surface area contributed by atoms with Gasteiger partial charge in [-0.05, 0) is 30.5 Å². The van der Waals surface area contributed by atoms with E-state index in [4.69, 9.17) is 9.84 Å². The van der Waals surface area contributed by atoms with Crippen LogP contribution in [0.15, 0.2) is 24.3 Å². The summed E-state index contributed by atoms with van der Waals surface area (Å²) in [5, 5.41) is 14.1. The fourth-order valence-corrected chi connectivity index (χ4v) is 1.83. The Hall–Kier alpha value is -2.24. The largest absolute Gasteiger partial charge is 0.497 e. The van der Waals surface area contributed by atoms with E-state index in [0.29, 0.717) is 19.4 Å². The summed E-state index contributed by atoms with van der Waals surface area (Å²) in [7, 11) is 1.61. The fraction of sp³-hybridized carbons (Fsp3) is 0.467. The van der Waals surface area contributed by atoms with Crippen LogP contribution in [0.5, 0.6) is 5.75 Å². The molecule has 0 heterocycles. The zero-order valence-corrected chi connectivity index (χ0v) is 12.4. The molecule has 1 aromatic rings. The van der Waals surface area contributed by atoms with Crippen molar-refractivity contribution in [2.45, 2.75) is 19.8 Å². The van der Waals surface area contributed by atoms with Gasteiger partial charge in [0.2, 0.25) is 0 Å². The van der Waals surface area contributed by atoms with Crippen molar-refractivity contribution in [1.29, 1.82) is 0 Å². The van der Waals surface area contributed by atoms with Crippen LogP contribution in [-0.4, -0.2) is 37.3 Å². The molecule has 0 aliphatic rings. The van der Waals surface area contributed by atoms with Crippen LogP contribution in [0.3, 0.4) is 0 Å². The number of ether oxygens (including phenoxy) is 1. The molecule has 0 saturated carbocycles. The molecule has 1 aromatic carbocycles. The van der Waals surface area contributed by atoms with Crippen LogP contribution >= 0.6 is 0 Å². The number of urea groups is 1. The van der Waals surface area contributed by atoms with Crippen LogP contribution in [0.1, 0.15) is 18.9 Å². The van der Waals surface area contributed by atoms with E-state index in [1.165, 1.54) is 0 Å². The molecule has 21 heavy (non-hydrogen) atoms. The Kier molecular flexibility index (Phi) is 7.08. The van der Waals surface area contributed by atoms with Gasteiger partial charge in [0.25, 0.3) is 0 Å². The number of methoxy groups -OCH3 is 1. The fourth-order valence-electron chi connectivity index (χ4n) is 1.83. The van der Waals surface area contributed by atoms with Crippen molar-refractivity contribution in [2.24, 2.45) is 5.92 Å². The third kappa shape index (κ3) is 6.16. The third-order valence-corrected chi connectivity index (χ3v) is 3.18. The topological polar surface area (TPSA) is 87.7 Å². The minimum absolute atomic E-state index is 0.136. The number of rotatable bonds is 8. The maximum Gasteiger partial charge on any atom is 0.314 e. The predicted molar refractivity (Wildman–Crippen MR) is 79.5 cm³/mol. The van der Waals surface area contributed by atoms with Crippen molar-refractivity contribution in [2.75, 3.05) is 20.2 Å². The van der Waals surface area contributed by atoms with Gasteiger partial charge in [-0.25, -0.2) is 4.79 Å². The number of carbonyl (C=O) groups excluding carboxylic acids is 1. The lowest BCUT2D eigenvalue weighted by molar-refractivity contribution is -0.141. The summed E-state index contributed by atoms with van der Waals surface area (Å²) in [6, 6.07) is 7.28. The standard InChI is InChI=1S/C15H22N2O4/c1-3-12(14(18)19)10-17-15(20)16-8-7-11-5-4-6-13(9-11)21-2/h4-6,9,12H,3,7-8,10H2,1-2H3,(H,18,19)(H2,16,17,20). The molecular weight excluding hydrogens is 272 g/mol. The van der Waals surface area contributed by atoms with E-state index in [9.17, 15) is 9.59 Å². The summed E-state index contributed by atoms with van der Waals surface area (Å²) >= 11 is 0. The number of hydrogen-bond acceptors (Lipinski definition) is 3. The van der Waals surface area contributed by atoms with E-state index < -0.39 is 11.9 Å². The molecule has 1 rings (SSSR count). The van der Waals surface area contributed by atoms with Gasteiger partial charge in [0, 0.05) is 13.1 Å². The van der Waals surface area contributed by atoms with Gasteiger partial charge in [0.1, 0.15) is 5.75 Å². The Morgan fingerprint density at radius 3 is 2.71 bits per heavy atom. The first-order chi connectivity index (χ1) is 10.1. The Bertz CT molecular complexity index is 476. The van der Waals surface area contributed by atoms with Crippen molar-refractivity contribution in [3.05, 3.63) is 29.8 Å². The van der Waals surface area contributed by atoms with E-state index in [2.05, 4.69) is 10.6 Å². The van der Waals surface area contributed by atoms with Crippen LogP contribution in [0.2, 0.25) is 0 Å². The molecule has 0 bridgehead atoms.